The minimum Gasteiger partial charge on any atom is -0.462 e. The van der Waals surface area contributed by atoms with E-state index in [1.54, 1.807) is 0 Å². The molecule has 0 fully saturated rings. The van der Waals surface area contributed by atoms with Crippen molar-refractivity contribution in [1.82, 2.24) is 0 Å². The van der Waals surface area contributed by atoms with Crippen molar-refractivity contribution in [2.45, 2.75) is 258 Å². The van der Waals surface area contributed by atoms with E-state index < -0.39 is 6.10 Å². The maximum Gasteiger partial charge on any atom is 0.306 e. The van der Waals surface area contributed by atoms with E-state index in [2.05, 4.69) is 93.7 Å². The molecule has 0 amide bonds. The highest BCUT2D eigenvalue weighted by Crippen LogP contribution is 2.14. The van der Waals surface area contributed by atoms with E-state index >= 15 is 0 Å². The Balaban J connectivity index is 4.41. The fraction of sp³-hybridized carbons (Fsp3) is 0.737. The molecule has 0 N–H and O–H groups in total. The molecule has 0 bridgehead atoms. The molecular weight excluding hydrogens is 781 g/mol. The molecule has 1 unspecified atom stereocenters. The van der Waals surface area contributed by atoms with Gasteiger partial charge in [0.05, 0.1) is 0 Å². The zero-order valence-electron chi connectivity index (χ0n) is 41.3. The van der Waals surface area contributed by atoms with Gasteiger partial charge in [-0.15, -0.1) is 0 Å². The van der Waals surface area contributed by atoms with Crippen LogP contribution in [0, 0.1) is 0 Å². The highest BCUT2D eigenvalue weighted by atomic mass is 16.6. The quantitative estimate of drug-likeness (QED) is 0.0262. The SMILES string of the molecule is CC/C=C\C/C=C\C/C=C\C/C=C\CCCCCCCCC(=O)OCC(COC(=O)CCCCCCC/C=C\CCCCC)OC(=O)CCCCC/C=C\CCCCCCCCC. The topological polar surface area (TPSA) is 78.9 Å². The maximum absolute atomic E-state index is 12.8. The van der Waals surface area contributed by atoms with Crippen LogP contribution in [0.25, 0.3) is 0 Å². The Morgan fingerprint density at radius 2 is 0.619 bits per heavy atom. The van der Waals surface area contributed by atoms with Crippen molar-refractivity contribution in [3.8, 4) is 0 Å². The molecule has 6 nitrogen and oxygen atoms in total. The maximum atomic E-state index is 12.8. The van der Waals surface area contributed by atoms with E-state index in [1.807, 2.05) is 0 Å². The number of carbonyl (C=O) groups excluding carboxylic acids is 3. The number of hydrogen-bond donors (Lipinski definition) is 0. The van der Waals surface area contributed by atoms with Crippen molar-refractivity contribution in [1.29, 1.82) is 0 Å². The Morgan fingerprint density at radius 1 is 0.333 bits per heavy atom. The van der Waals surface area contributed by atoms with Gasteiger partial charge in [-0.3, -0.25) is 14.4 Å². The van der Waals surface area contributed by atoms with Gasteiger partial charge in [-0.2, -0.15) is 0 Å². The van der Waals surface area contributed by atoms with Gasteiger partial charge in [-0.1, -0.05) is 196 Å². The third kappa shape index (κ3) is 49.7. The van der Waals surface area contributed by atoms with Crippen LogP contribution >= 0.6 is 0 Å². The molecule has 0 aromatic heterocycles. The summed E-state index contributed by atoms with van der Waals surface area (Å²) in [7, 11) is 0. The lowest BCUT2D eigenvalue weighted by Gasteiger charge is -2.18. The molecule has 0 saturated carbocycles. The van der Waals surface area contributed by atoms with Crippen molar-refractivity contribution in [3.63, 3.8) is 0 Å². The number of rotatable bonds is 47. The van der Waals surface area contributed by atoms with E-state index in [0.717, 1.165) is 109 Å². The molecule has 63 heavy (non-hydrogen) atoms. The predicted octanol–water partition coefficient (Wildman–Crippen LogP) is 17.4. The van der Waals surface area contributed by atoms with Crippen LogP contribution in [-0.2, 0) is 28.6 Å². The second-order valence-electron chi connectivity index (χ2n) is 17.4. The molecule has 0 saturated heterocycles. The van der Waals surface area contributed by atoms with Gasteiger partial charge in [0.2, 0.25) is 0 Å². The lowest BCUT2D eigenvalue weighted by Crippen LogP contribution is -2.30. The summed E-state index contributed by atoms with van der Waals surface area (Å²) >= 11 is 0. The molecule has 0 aromatic carbocycles. The standard InChI is InChI=1S/C57H98O6/c1-4-7-10-13-16-19-22-25-27-28-29-30-31-33-35-38-41-44-47-50-56(59)62-53-54(52-61-55(58)49-46-43-40-37-34-24-21-18-15-12-9-6-3)63-57(60)51-48-45-42-39-36-32-26-23-20-17-14-11-8-5-2/h7,10,16,18-19,21,25,27,29-30,32,36,54H,4-6,8-9,11-15,17,20,22-24,26,28,31,33-35,37-53H2,1-3H3/b10-7-,19-16-,21-18-,27-25-,30-29-,36-32-. The van der Waals surface area contributed by atoms with Gasteiger partial charge in [0, 0.05) is 19.3 Å². The number of carbonyl (C=O) groups is 3. The van der Waals surface area contributed by atoms with E-state index in [-0.39, 0.29) is 31.1 Å². The number of esters is 3. The Bertz CT molecular complexity index is 1190. The molecule has 0 aliphatic heterocycles. The van der Waals surface area contributed by atoms with Gasteiger partial charge in [-0.05, 0) is 109 Å². The van der Waals surface area contributed by atoms with Gasteiger partial charge >= 0.3 is 17.9 Å². The first-order valence-electron chi connectivity index (χ1n) is 26.4. The molecule has 0 rings (SSSR count). The van der Waals surface area contributed by atoms with Crippen molar-refractivity contribution < 1.29 is 28.6 Å². The second kappa shape index (κ2) is 51.5. The predicted molar refractivity (Wildman–Crippen MR) is 270 cm³/mol. The normalized spacial score (nSPS) is 12.6. The largest absolute Gasteiger partial charge is 0.462 e. The third-order valence-corrected chi connectivity index (χ3v) is 11.2. The van der Waals surface area contributed by atoms with Crippen molar-refractivity contribution in [3.05, 3.63) is 72.9 Å². The summed E-state index contributed by atoms with van der Waals surface area (Å²) in [6.45, 7) is 6.47. The lowest BCUT2D eigenvalue weighted by molar-refractivity contribution is -0.167. The first-order valence-corrected chi connectivity index (χ1v) is 26.4. The smallest absolute Gasteiger partial charge is 0.306 e. The van der Waals surface area contributed by atoms with Gasteiger partial charge in [-0.25, -0.2) is 0 Å². The van der Waals surface area contributed by atoms with Crippen molar-refractivity contribution >= 4 is 17.9 Å². The van der Waals surface area contributed by atoms with Crippen molar-refractivity contribution in [2.24, 2.45) is 0 Å². The van der Waals surface area contributed by atoms with Gasteiger partial charge in [0.1, 0.15) is 13.2 Å². The molecule has 0 heterocycles. The lowest BCUT2D eigenvalue weighted by atomic mass is 10.1. The van der Waals surface area contributed by atoms with Crippen molar-refractivity contribution in [2.75, 3.05) is 13.2 Å². The van der Waals surface area contributed by atoms with Crippen LogP contribution < -0.4 is 0 Å². The van der Waals surface area contributed by atoms with Gasteiger partial charge < -0.3 is 14.2 Å². The highest BCUT2D eigenvalue weighted by molar-refractivity contribution is 5.71. The summed E-state index contributed by atoms with van der Waals surface area (Å²) in [6.07, 6.45) is 64.5. The Labute approximate surface area is 389 Å². The average molecular weight is 879 g/mol. The molecule has 0 radical (unpaired) electrons. The van der Waals surface area contributed by atoms with Crippen LogP contribution in [0.2, 0.25) is 0 Å². The van der Waals surface area contributed by atoms with E-state index in [1.165, 1.54) is 103 Å². The molecule has 0 aliphatic rings. The molecule has 6 heteroatoms. The number of allylic oxidation sites excluding steroid dienone is 12. The molecule has 1 atom stereocenters. The summed E-state index contributed by atoms with van der Waals surface area (Å²) in [5.74, 6) is -0.927. The van der Waals surface area contributed by atoms with Crippen LogP contribution in [0.4, 0.5) is 0 Å². The molecule has 362 valence electrons. The Kier molecular flexibility index (Phi) is 48.9. The minimum absolute atomic E-state index is 0.0904. The number of ether oxygens (including phenoxy) is 3. The van der Waals surface area contributed by atoms with Crippen LogP contribution in [0.3, 0.4) is 0 Å². The van der Waals surface area contributed by atoms with E-state index in [4.69, 9.17) is 14.2 Å². The molecule has 0 aromatic rings. The second-order valence-corrected chi connectivity index (χ2v) is 17.4. The zero-order valence-corrected chi connectivity index (χ0v) is 41.3. The first-order chi connectivity index (χ1) is 31.0. The monoisotopic (exact) mass is 879 g/mol. The summed E-state index contributed by atoms with van der Waals surface area (Å²) in [5.41, 5.74) is 0. The van der Waals surface area contributed by atoms with Gasteiger partial charge in [0.25, 0.3) is 0 Å². The third-order valence-electron chi connectivity index (χ3n) is 11.2. The average Bonchev–Trinajstić information content (AvgIpc) is 3.28. The summed E-state index contributed by atoms with van der Waals surface area (Å²) < 4.78 is 16.8. The molecular formula is C57H98O6. The summed E-state index contributed by atoms with van der Waals surface area (Å²) in [4.78, 5) is 38.0. The number of unbranched alkanes of at least 4 members (excludes halogenated alkanes) is 24. The van der Waals surface area contributed by atoms with Crippen LogP contribution in [0.1, 0.15) is 252 Å². The molecule has 0 spiro atoms. The summed E-state index contributed by atoms with van der Waals surface area (Å²) in [6, 6.07) is 0. The highest BCUT2D eigenvalue weighted by Gasteiger charge is 2.19. The molecule has 0 aliphatic carbocycles. The summed E-state index contributed by atoms with van der Waals surface area (Å²) in [5, 5.41) is 0. The van der Waals surface area contributed by atoms with Crippen LogP contribution in [0.5, 0.6) is 0 Å². The van der Waals surface area contributed by atoms with Crippen LogP contribution in [0.15, 0.2) is 72.9 Å². The minimum atomic E-state index is -0.791. The van der Waals surface area contributed by atoms with Gasteiger partial charge in [0.15, 0.2) is 6.10 Å². The zero-order chi connectivity index (χ0) is 45.8. The van der Waals surface area contributed by atoms with E-state index in [9.17, 15) is 14.4 Å². The van der Waals surface area contributed by atoms with Crippen LogP contribution in [-0.4, -0.2) is 37.2 Å². The fourth-order valence-electron chi connectivity index (χ4n) is 7.19. The Hall–Kier alpha value is -3.15. The Morgan fingerprint density at radius 3 is 1.03 bits per heavy atom. The number of hydrogen-bond acceptors (Lipinski definition) is 6. The first kappa shape index (κ1) is 59.9. The van der Waals surface area contributed by atoms with E-state index in [0.29, 0.717) is 19.3 Å². The fourth-order valence-corrected chi connectivity index (χ4v) is 7.19.